The minimum atomic E-state index is -3.70. The van der Waals surface area contributed by atoms with Gasteiger partial charge in [-0.3, -0.25) is 10.1 Å². The zero-order chi connectivity index (χ0) is 6.78. The van der Waals surface area contributed by atoms with E-state index >= 15 is 0 Å². The molecule has 0 aliphatic carbocycles. The zero-order valence-corrected chi connectivity index (χ0v) is 4.36. The highest BCUT2D eigenvalue weighted by Gasteiger charge is 2.31. The van der Waals surface area contributed by atoms with E-state index in [2.05, 4.69) is 11.6 Å². The number of rotatable bonds is 2. The van der Waals surface area contributed by atoms with Crippen LogP contribution in [0, 0.1) is 10.1 Å². The SMILES string of the molecule is O=[N+]([O-])CC(F)(F)Cl. The van der Waals surface area contributed by atoms with Crippen molar-refractivity contribution in [1.29, 1.82) is 0 Å². The molecule has 48 valence electrons. The summed E-state index contributed by atoms with van der Waals surface area (Å²) in [5, 5.41) is 5.55. The average molecular weight is 145 g/mol. The molecule has 0 rings (SSSR count). The van der Waals surface area contributed by atoms with Gasteiger partial charge in [0, 0.05) is 4.92 Å². The van der Waals surface area contributed by atoms with Crippen molar-refractivity contribution in [2.75, 3.05) is 6.54 Å². The van der Waals surface area contributed by atoms with Crippen LogP contribution in [0.5, 0.6) is 0 Å². The number of alkyl halides is 3. The maximum absolute atomic E-state index is 11.3. The molecule has 0 aliphatic rings. The number of nitro groups is 1. The van der Waals surface area contributed by atoms with Crippen LogP contribution in [-0.4, -0.2) is 16.8 Å². The quantitative estimate of drug-likeness (QED) is 0.332. The van der Waals surface area contributed by atoms with Gasteiger partial charge in [-0.25, -0.2) is 0 Å². The Bertz CT molecular complexity index is 101. The minimum absolute atomic E-state index is 1.17. The molecular weight excluding hydrogens is 143 g/mol. The lowest BCUT2D eigenvalue weighted by Crippen LogP contribution is -2.19. The summed E-state index contributed by atoms with van der Waals surface area (Å²) < 4.78 is 22.6. The first-order valence-electron chi connectivity index (χ1n) is 1.60. The van der Waals surface area contributed by atoms with Gasteiger partial charge in [-0.1, -0.05) is 0 Å². The number of halogens is 3. The van der Waals surface area contributed by atoms with Crippen LogP contribution in [0.4, 0.5) is 8.78 Å². The fourth-order valence-corrected chi connectivity index (χ4v) is 0.244. The van der Waals surface area contributed by atoms with Crippen LogP contribution in [-0.2, 0) is 0 Å². The van der Waals surface area contributed by atoms with Crippen molar-refractivity contribution in [2.24, 2.45) is 0 Å². The molecule has 0 spiro atoms. The fourth-order valence-electron chi connectivity index (χ4n) is 0.146. The highest BCUT2D eigenvalue weighted by atomic mass is 35.5. The number of nitrogens with zero attached hydrogens (tertiary/aromatic N) is 1. The van der Waals surface area contributed by atoms with E-state index in [9.17, 15) is 18.9 Å². The molecule has 0 saturated heterocycles. The van der Waals surface area contributed by atoms with E-state index in [1.54, 1.807) is 0 Å². The summed E-state index contributed by atoms with van der Waals surface area (Å²) in [7, 11) is 0. The fraction of sp³-hybridized carbons (Fsp3) is 1.00. The van der Waals surface area contributed by atoms with Crippen molar-refractivity contribution >= 4 is 11.6 Å². The van der Waals surface area contributed by atoms with Crippen LogP contribution < -0.4 is 0 Å². The Labute approximate surface area is 48.4 Å². The predicted octanol–water partition coefficient (Wildman–Crippen LogP) is 1.09. The van der Waals surface area contributed by atoms with Crippen molar-refractivity contribution in [3.05, 3.63) is 10.1 Å². The lowest BCUT2D eigenvalue weighted by Gasteiger charge is -1.97. The standard InChI is InChI=1S/C2H2ClF2NO2/c3-2(4,5)1-6(7)8/h1H2. The highest BCUT2D eigenvalue weighted by Crippen LogP contribution is 2.17. The third-order valence-corrected chi connectivity index (χ3v) is 0.428. The summed E-state index contributed by atoms with van der Waals surface area (Å²) in [6.45, 7) is -1.52. The van der Waals surface area contributed by atoms with Crippen molar-refractivity contribution in [3.8, 4) is 0 Å². The summed E-state index contributed by atoms with van der Waals surface area (Å²) in [6, 6.07) is 0. The van der Waals surface area contributed by atoms with Crippen molar-refractivity contribution in [2.45, 2.75) is 5.38 Å². The third kappa shape index (κ3) is 5.55. The molecule has 0 heterocycles. The average Bonchev–Trinajstić information content (AvgIpc) is 1.21. The van der Waals surface area contributed by atoms with Gasteiger partial charge >= 0.3 is 5.38 Å². The van der Waals surface area contributed by atoms with Gasteiger partial charge in [-0.05, 0) is 11.6 Å². The van der Waals surface area contributed by atoms with E-state index in [1.807, 2.05) is 0 Å². The molecule has 0 bridgehead atoms. The first-order chi connectivity index (χ1) is 3.42. The molecule has 0 atom stereocenters. The second-order valence-corrected chi connectivity index (χ2v) is 1.66. The van der Waals surface area contributed by atoms with Crippen LogP contribution in [0.3, 0.4) is 0 Å². The van der Waals surface area contributed by atoms with Crippen molar-refractivity contribution in [3.63, 3.8) is 0 Å². The van der Waals surface area contributed by atoms with Crippen LogP contribution in [0.15, 0.2) is 0 Å². The van der Waals surface area contributed by atoms with Crippen LogP contribution >= 0.6 is 11.6 Å². The van der Waals surface area contributed by atoms with E-state index in [0.29, 0.717) is 0 Å². The van der Waals surface area contributed by atoms with Gasteiger partial charge in [0.2, 0.25) is 0 Å². The largest absolute Gasteiger partial charge is 0.384 e. The van der Waals surface area contributed by atoms with Crippen LogP contribution in [0.25, 0.3) is 0 Å². The van der Waals surface area contributed by atoms with E-state index < -0.39 is 16.8 Å². The first kappa shape index (κ1) is 7.55. The second-order valence-electron chi connectivity index (χ2n) is 1.11. The zero-order valence-electron chi connectivity index (χ0n) is 3.60. The summed E-state index contributed by atoms with van der Waals surface area (Å²) in [6.07, 6.45) is 0. The van der Waals surface area contributed by atoms with Gasteiger partial charge in [0.05, 0.1) is 0 Å². The first-order valence-corrected chi connectivity index (χ1v) is 1.98. The molecule has 0 N–H and O–H groups in total. The minimum Gasteiger partial charge on any atom is -0.264 e. The monoisotopic (exact) mass is 145 g/mol. The van der Waals surface area contributed by atoms with Crippen LogP contribution in [0.2, 0.25) is 0 Å². The maximum Gasteiger partial charge on any atom is 0.384 e. The summed E-state index contributed by atoms with van der Waals surface area (Å²) >= 11 is 4.15. The van der Waals surface area contributed by atoms with E-state index in [0.717, 1.165) is 0 Å². The van der Waals surface area contributed by atoms with Gasteiger partial charge in [0.25, 0.3) is 6.54 Å². The number of hydrogen-bond donors (Lipinski definition) is 0. The molecule has 8 heavy (non-hydrogen) atoms. The van der Waals surface area contributed by atoms with Crippen LogP contribution in [0.1, 0.15) is 0 Å². The van der Waals surface area contributed by atoms with Crippen molar-refractivity contribution in [1.82, 2.24) is 0 Å². The molecule has 0 aromatic rings. The Hall–Kier alpha value is -0.450. The Kier molecular flexibility index (Phi) is 2.09. The Morgan fingerprint density at radius 1 is 1.75 bits per heavy atom. The lowest BCUT2D eigenvalue weighted by atomic mass is 10.7. The van der Waals surface area contributed by atoms with E-state index in [4.69, 9.17) is 0 Å². The van der Waals surface area contributed by atoms with Gasteiger partial charge in [-0.15, -0.1) is 0 Å². The molecule has 0 amide bonds. The molecule has 0 fully saturated rings. The summed E-state index contributed by atoms with van der Waals surface area (Å²) in [4.78, 5) is 8.08. The molecule has 6 heteroatoms. The Morgan fingerprint density at radius 3 is 2.12 bits per heavy atom. The lowest BCUT2D eigenvalue weighted by molar-refractivity contribution is -0.497. The molecule has 0 aromatic heterocycles. The van der Waals surface area contributed by atoms with Crippen molar-refractivity contribution < 1.29 is 13.7 Å². The van der Waals surface area contributed by atoms with Gasteiger partial charge in [0.15, 0.2) is 0 Å². The molecule has 0 saturated carbocycles. The second kappa shape index (κ2) is 2.21. The van der Waals surface area contributed by atoms with Gasteiger partial charge in [0.1, 0.15) is 0 Å². The molecule has 3 nitrogen and oxygen atoms in total. The molecule has 0 aliphatic heterocycles. The van der Waals surface area contributed by atoms with Gasteiger partial charge < -0.3 is 0 Å². The smallest absolute Gasteiger partial charge is 0.264 e. The summed E-state index contributed by atoms with van der Waals surface area (Å²) in [5.74, 6) is 0. The summed E-state index contributed by atoms with van der Waals surface area (Å²) in [5.41, 5.74) is 0. The molecular formula is C2H2ClF2NO2. The Balaban J connectivity index is 3.55. The molecule has 0 radical (unpaired) electrons. The predicted molar refractivity (Wildman–Crippen MR) is 22.7 cm³/mol. The third-order valence-electron chi connectivity index (χ3n) is 0.308. The van der Waals surface area contributed by atoms with E-state index in [1.165, 1.54) is 0 Å². The highest BCUT2D eigenvalue weighted by molar-refractivity contribution is 6.21. The normalized spacial score (nSPS) is 11.4. The molecule has 0 unspecified atom stereocenters. The molecule has 0 aromatic carbocycles. The maximum atomic E-state index is 11.3. The van der Waals surface area contributed by atoms with E-state index in [-0.39, 0.29) is 0 Å². The Morgan fingerprint density at radius 2 is 2.12 bits per heavy atom. The number of hydrogen-bond acceptors (Lipinski definition) is 2. The van der Waals surface area contributed by atoms with Gasteiger partial charge in [-0.2, -0.15) is 8.78 Å². The topological polar surface area (TPSA) is 43.1 Å².